The first-order valence-electron chi connectivity index (χ1n) is 5.98. The third-order valence-electron chi connectivity index (χ3n) is 3.25. The van der Waals surface area contributed by atoms with Crippen molar-refractivity contribution >= 4 is 17.5 Å². The lowest BCUT2D eigenvalue weighted by Gasteiger charge is -2.22. The van der Waals surface area contributed by atoms with Gasteiger partial charge in [-0.3, -0.25) is 4.79 Å². The van der Waals surface area contributed by atoms with E-state index >= 15 is 0 Å². The SMILES string of the molecule is NC1CCCCCC1NC(=O)c1ccoc1Cl. The monoisotopic (exact) mass is 256 g/mol. The van der Waals surface area contributed by atoms with Crippen LogP contribution in [0.1, 0.15) is 42.5 Å². The molecule has 1 saturated carbocycles. The molecule has 1 aromatic rings. The molecule has 1 aromatic heterocycles. The van der Waals surface area contributed by atoms with Gasteiger partial charge in [-0.2, -0.15) is 0 Å². The molecule has 1 aliphatic rings. The van der Waals surface area contributed by atoms with Crippen LogP contribution in [-0.4, -0.2) is 18.0 Å². The van der Waals surface area contributed by atoms with Crippen LogP contribution in [0.2, 0.25) is 5.22 Å². The summed E-state index contributed by atoms with van der Waals surface area (Å²) in [6, 6.07) is 1.64. The minimum absolute atomic E-state index is 0.0344. The zero-order valence-electron chi connectivity index (χ0n) is 9.62. The van der Waals surface area contributed by atoms with Crippen molar-refractivity contribution in [2.45, 2.75) is 44.2 Å². The van der Waals surface area contributed by atoms with Gasteiger partial charge in [0, 0.05) is 12.1 Å². The van der Waals surface area contributed by atoms with Gasteiger partial charge in [0.25, 0.3) is 5.91 Å². The Morgan fingerprint density at radius 3 is 2.88 bits per heavy atom. The molecule has 1 aliphatic carbocycles. The maximum absolute atomic E-state index is 11.9. The van der Waals surface area contributed by atoms with E-state index < -0.39 is 0 Å². The fourth-order valence-corrected chi connectivity index (χ4v) is 2.42. The van der Waals surface area contributed by atoms with E-state index in [0.717, 1.165) is 25.7 Å². The zero-order chi connectivity index (χ0) is 12.3. The molecule has 3 N–H and O–H groups in total. The average Bonchev–Trinajstić information content (AvgIpc) is 2.63. The van der Waals surface area contributed by atoms with Crippen molar-refractivity contribution in [3.8, 4) is 0 Å². The Balaban J connectivity index is 2.00. The number of halogens is 1. The highest BCUT2D eigenvalue weighted by Crippen LogP contribution is 2.19. The Hall–Kier alpha value is -1.00. The highest BCUT2D eigenvalue weighted by Gasteiger charge is 2.23. The largest absolute Gasteiger partial charge is 0.452 e. The minimum Gasteiger partial charge on any atom is -0.452 e. The van der Waals surface area contributed by atoms with Gasteiger partial charge in [0.15, 0.2) is 0 Å². The second-order valence-corrected chi connectivity index (χ2v) is 4.83. The molecule has 4 nitrogen and oxygen atoms in total. The lowest BCUT2D eigenvalue weighted by Crippen LogP contribution is -2.46. The van der Waals surface area contributed by atoms with E-state index in [0.29, 0.717) is 5.56 Å². The molecule has 0 spiro atoms. The quantitative estimate of drug-likeness (QED) is 0.798. The molecule has 0 radical (unpaired) electrons. The summed E-state index contributed by atoms with van der Waals surface area (Å²) in [7, 11) is 0. The number of hydrogen-bond acceptors (Lipinski definition) is 3. The van der Waals surface area contributed by atoms with Crippen LogP contribution in [0.3, 0.4) is 0 Å². The molecular formula is C12H17ClN2O2. The van der Waals surface area contributed by atoms with Gasteiger partial charge in [-0.25, -0.2) is 0 Å². The van der Waals surface area contributed by atoms with E-state index in [1.165, 1.54) is 12.7 Å². The summed E-state index contributed by atoms with van der Waals surface area (Å²) in [4.78, 5) is 11.9. The van der Waals surface area contributed by atoms with Gasteiger partial charge in [0.1, 0.15) is 0 Å². The van der Waals surface area contributed by atoms with Gasteiger partial charge in [0.05, 0.1) is 11.8 Å². The number of carbonyl (C=O) groups excluding carboxylic acids is 1. The Morgan fingerprint density at radius 1 is 1.41 bits per heavy atom. The molecular weight excluding hydrogens is 240 g/mol. The van der Waals surface area contributed by atoms with Crippen LogP contribution in [-0.2, 0) is 0 Å². The second-order valence-electron chi connectivity index (χ2n) is 4.49. The van der Waals surface area contributed by atoms with E-state index in [9.17, 15) is 4.79 Å². The first-order valence-corrected chi connectivity index (χ1v) is 6.35. The zero-order valence-corrected chi connectivity index (χ0v) is 10.4. The molecule has 1 fully saturated rings. The maximum Gasteiger partial charge on any atom is 0.256 e. The number of rotatable bonds is 2. The van der Waals surface area contributed by atoms with Gasteiger partial charge in [0.2, 0.25) is 5.22 Å². The van der Waals surface area contributed by atoms with Crippen molar-refractivity contribution < 1.29 is 9.21 Å². The lowest BCUT2D eigenvalue weighted by molar-refractivity contribution is 0.0928. The molecule has 0 aromatic carbocycles. The molecule has 2 atom stereocenters. The molecule has 0 bridgehead atoms. The smallest absolute Gasteiger partial charge is 0.256 e. The van der Waals surface area contributed by atoms with Gasteiger partial charge in [-0.1, -0.05) is 19.3 Å². The predicted octanol–water partition coefficient (Wildman–Crippen LogP) is 2.32. The van der Waals surface area contributed by atoms with Gasteiger partial charge in [-0.15, -0.1) is 0 Å². The molecule has 2 unspecified atom stereocenters. The fourth-order valence-electron chi connectivity index (χ4n) is 2.22. The van der Waals surface area contributed by atoms with Gasteiger partial charge >= 0.3 is 0 Å². The molecule has 1 amide bonds. The Kier molecular flexibility index (Phi) is 4.07. The lowest BCUT2D eigenvalue weighted by atomic mass is 10.0. The number of nitrogens with one attached hydrogen (secondary N) is 1. The van der Waals surface area contributed by atoms with Crippen molar-refractivity contribution in [1.29, 1.82) is 0 Å². The van der Waals surface area contributed by atoms with Crippen LogP contribution in [0.15, 0.2) is 16.7 Å². The predicted molar refractivity (Wildman–Crippen MR) is 66.0 cm³/mol. The van der Waals surface area contributed by atoms with Crippen LogP contribution in [0.25, 0.3) is 0 Å². The maximum atomic E-state index is 11.9. The van der Waals surface area contributed by atoms with Crippen LogP contribution in [0.5, 0.6) is 0 Å². The molecule has 0 saturated heterocycles. The van der Waals surface area contributed by atoms with E-state index in [2.05, 4.69) is 5.32 Å². The van der Waals surface area contributed by atoms with Crippen molar-refractivity contribution in [2.75, 3.05) is 0 Å². The fraction of sp³-hybridized carbons (Fsp3) is 0.583. The average molecular weight is 257 g/mol. The second kappa shape index (κ2) is 5.56. The molecule has 0 aliphatic heterocycles. The first kappa shape index (κ1) is 12.5. The van der Waals surface area contributed by atoms with Crippen LogP contribution in [0.4, 0.5) is 0 Å². The van der Waals surface area contributed by atoms with E-state index in [1.54, 1.807) is 6.07 Å². The summed E-state index contributed by atoms with van der Waals surface area (Å²) < 4.78 is 4.90. The highest BCUT2D eigenvalue weighted by molar-refractivity contribution is 6.32. The Labute approximate surface area is 105 Å². The highest BCUT2D eigenvalue weighted by atomic mass is 35.5. The van der Waals surface area contributed by atoms with Crippen LogP contribution in [0, 0.1) is 0 Å². The third-order valence-corrected chi connectivity index (χ3v) is 3.54. The van der Waals surface area contributed by atoms with Crippen LogP contribution < -0.4 is 11.1 Å². The normalized spacial score (nSPS) is 25.3. The first-order chi connectivity index (χ1) is 8.18. The summed E-state index contributed by atoms with van der Waals surface area (Å²) in [5.41, 5.74) is 6.43. The van der Waals surface area contributed by atoms with Crippen LogP contribution >= 0.6 is 11.6 Å². The molecule has 94 valence electrons. The number of furan rings is 1. The van der Waals surface area contributed by atoms with Gasteiger partial charge in [-0.05, 0) is 30.5 Å². The third kappa shape index (κ3) is 3.01. The summed E-state index contributed by atoms with van der Waals surface area (Å²) >= 11 is 5.76. The van der Waals surface area contributed by atoms with Crippen molar-refractivity contribution in [2.24, 2.45) is 5.73 Å². The number of hydrogen-bond donors (Lipinski definition) is 2. The Bertz CT molecular complexity index is 392. The Morgan fingerprint density at radius 2 is 2.18 bits per heavy atom. The molecule has 1 heterocycles. The van der Waals surface area contributed by atoms with Crippen molar-refractivity contribution in [1.82, 2.24) is 5.32 Å². The van der Waals surface area contributed by atoms with E-state index in [1.807, 2.05) is 0 Å². The number of nitrogens with two attached hydrogens (primary N) is 1. The standard InChI is InChI=1S/C12H17ClN2O2/c13-11-8(6-7-17-11)12(16)15-10-5-3-1-2-4-9(10)14/h6-7,9-10H,1-5,14H2,(H,15,16). The van der Waals surface area contributed by atoms with E-state index in [4.69, 9.17) is 21.8 Å². The van der Waals surface area contributed by atoms with E-state index in [-0.39, 0.29) is 23.2 Å². The number of amides is 1. The summed E-state index contributed by atoms with van der Waals surface area (Å²) in [6.07, 6.45) is 6.74. The summed E-state index contributed by atoms with van der Waals surface area (Å²) in [5.74, 6) is -0.203. The molecule has 2 rings (SSSR count). The van der Waals surface area contributed by atoms with Crippen molar-refractivity contribution in [3.63, 3.8) is 0 Å². The molecule has 5 heteroatoms. The minimum atomic E-state index is -0.203. The topological polar surface area (TPSA) is 68.3 Å². The summed E-state index contributed by atoms with van der Waals surface area (Å²) in [6.45, 7) is 0. The van der Waals surface area contributed by atoms with Gasteiger partial charge < -0.3 is 15.5 Å². The molecule has 17 heavy (non-hydrogen) atoms. The number of carbonyl (C=O) groups is 1. The summed E-state index contributed by atoms with van der Waals surface area (Å²) in [5, 5.41) is 3.07. The van der Waals surface area contributed by atoms with Crippen molar-refractivity contribution in [3.05, 3.63) is 23.1 Å².